The number of pyridine rings is 1. The summed E-state index contributed by atoms with van der Waals surface area (Å²) in [7, 11) is 2.13. The average Bonchev–Trinajstić information content (AvgIpc) is 2.87. The Morgan fingerprint density at radius 2 is 1.74 bits per heavy atom. The van der Waals surface area contributed by atoms with Gasteiger partial charge in [0.15, 0.2) is 0 Å². The summed E-state index contributed by atoms with van der Waals surface area (Å²) in [6, 6.07) is 17.3. The summed E-state index contributed by atoms with van der Waals surface area (Å²) in [5.41, 5.74) is 3.09. The normalized spacial score (nSPS) is 19.4. The monoisotopic (exact) mass is 459 g/mol. The standard InChI is InChI=1S/C29H34FN3O/c1-32-18-13-29(14-19-32,21-23-7-9-25(30)10-8-23)28(34)33-16-11-22(12-17-33)20-24-4-2-6-27-26(24)5-3-15-31-27/h2-10,15,22H,11-14,16-21H2,1H3. The fraction of sp³-hybridized carbons (Fsp3) is 0.448. The van der Waals surface area contributed by atoms with E-state index in [0.717, 1.165) is 69.4 Å². The Morgan fingerprint density at radius 1 is 1.00 bits per heavy atom. The predicted molar refractivity (Wildman–Crippen MR) is 134 cm³/mol. The number of piperidine rings is 2. The van der Waals surface area contributed by atoms with E-state index in [4.69, 9.17) is 0 Å². The van der Waals surface area contributed by atoms with Gasteiger partial charge in [0.2, 0.25) is 5.91 Å². The number of halogens is 1. The number of nitrogens with zero attached hydrogens (tertiary/aromatic N) is 3. The van der Waals surface area contributed by atoms with Crippen molar-refractivity contribution in [2.45, 2.75) is 38.5 Å². The first kappa shape index (κ1) is 23.0. The maximum Gasteiger partial charge on any atom is 0.229 e. The van der Waals surface area contributed by atoms with E-state index in [1.165, 1.54) is 23.1 Å². The van der Waals surface area contributed by atoms with Crippen molar-refractivity contribution >= 4 is 16.8 Å². The summed E-state index contributed by atoms with van der Waals surface area (Å²) in [4.78, 5) is 22.8. The largest absolute Gasteiger partial charge is 0.342 e. The van der Waals surface area contributed by atoms with Crippen molar-refractivity contribution in [3.05, 3.63) is 77.7 Å². The van der Waals surface area contributed by atoms with E-state index in [1.54, 1.807) is 0 Å². The van der Waals surface area contributed by atoms with Crippen molar-refractivity contribution in [2.75, 3.05) is 33.2 Å². The summed E-state index contributed by atoms with van der Waals surface area (Å²) in [6.45, 7) is 3.51. The molecule has 5 rings (SSSR count). The molecule has 0 spiro atoms. The van der Waals surface area contributed by atoms with Crippen LogP contribution in [0.15, 0.2) is 60.8 Å². The summed E-state index contributed by atoms with van der Waals surface area (Å²) < 4.78 is 13.5. The minimum Gasteiger partial charge on any atom is -0.342 e. The van der Waals surface area contributed by atoms with Crippen molar-refractivity contribution in [2.24, 2.45) is 11.3 Å². The minimum atomic E-state index is -0.377. The second-order valence-electron chi connectivity index (χ2n) is 10.3. The van der Waals surface area contributed by atoms with Crippen LogP contribution in [0.25, 0.3) is 10.9 Å². The molecule has 2 aliphatic heterocycles. The van der Waals surface area contributed by atoms with Crippen molar-refractivity contribution in [1.82, 2.24) is 14.8 Å². The maximum atomic E-state index is 13.9. The van der Waals surface area contributed by atoms with Gasteiger partial charge in [-0.05, 0) is 100.0 Å². The molecule has 0 radical (unpaired) electrons. The molecule has 4 nitrogen and oxygen atoms in total. The number of benzene rings is 2. The van der Waals surface area contributed by atoms with Gasteiger partial charge in [-0.2, -0.15) is 0 Å². The second kappa shape index (κ2) is 9.83. The van der Waals surface area contributed by atoms with Gasteiger partial charge in [-0.15, -0.1) is 0 Å². The number of rotatable bonds is 5. The highest BCUT2D eigenvalue weighted by Gasteiger charge is 2.43. The number of fused-ring (bicyclic) bond motifs is 1. The molecule has 5 heteroatoms. The number of likely N-dealkylation sites (tertiary alicyclic amines) is 2. The molecule has 3 heterocycles. The minimum absolute atomic E-state index is 0.225. The van der Waals surface area contributed by atoms with E-state index in [-0.39, 0.29) is 11.2 Å². The van der Waals surface area contributed by atoms with Gasteiger partial charge in [0.05, 0.1) is 10.9 Å². The Bertz CT molecular complexity index is 1120. The van der Waals surface area contributed by atoms with Crippen molar-refractivity contribution < 1.29 is 9.18 Å². The number of hydrogen-bond donors (Lipinski definition) is 0. The van der Waals surface area contributed by atoms with Gasteiger partial charge in [0, 0.05) is 24.7 Å². The number of aromatic nitrogens is 1. The molecule has 0 N–H and O–H groups in total. The van der Waals surface area contributed by atoms with Gasteiger partial charge in [-0.25, -0.2) is 4.39 Å². The molecule has 0 bridgehead atoms. The SMILES string of the molecule is CN1CCC(Cc2ccc(F)cc2)(C(=O)N2CCC(Cc3cccc4ncccc34)CC2)CC1. The molecular weight excluding hydrogens is 425 g/mol. The zero-order valence-corrected chi connectivity index (χ0v) is 20.0. The fourth-order valence-corrected chi connectivity index (χ4v) is 5.84. The van der Waals surface area contributed by atoms with E-state index < -0.39 is 0 Å². The summed E-state index contributed by atoms with van der Waals surface area (Å²) in [5, 5.41) is 1.24. The Hall–Kier alpha value is -2.79. The molecule has 2 aromatic carbocycles. The molecule has 0 saturated carbocycles. The van der Waals surface area contributed by atoms with E-state index >= 15 is 0 Å². The van der Waals surface area contributed by atoms with Crippen LogP contribution in [0.1, 0.15) is 36.8 Å². The van der Waals surface area contributed by atoms with Crippen LogP contribution in [0.2, 0.25) is 0 Å². The first-order chi connectivity index (χ1) is 16.5. The van der Waals surface area contributed by atoms with Crippen LogP contribution in [0, 0.1) is 17.2 Å². The van der Waals surface area contributed by atoms with Gasteiger partial charge >= 0.3 is 0 Å². The molecule has 1 amide bonds. The fourth-order valence-electron chi connectivity index (χ4n) is 5.84. The third-order valence-corrected chi connectivity index (χ3v) is 8.00. The number of carbonyl (C=O) groups is 1. The molecule has 2 fully saturated rings. The molecule has 178 valence electrons. The molecule has 2 aliphatic rings. The molecule has 0 atom stereocenters. The van der Waals surface area contributed by atoms with Crippen LogP contribution >= 0.6 is 0 Å². The quantitative estimate of drug-likeness (QED) is 0.532. The van der Waals surface area contributed by atoms with Crippen molar-refractivity contribution in [3.8, 4) is 0 Å². The number of hydrogen-bond acceptors (Lipinski definition) is 3. The van der Waals surface area contributed by atoms with Crippen LogP contribution in [0.3, 0.4) is 0 Å². The Kier molecular flexibility index (Phi) is 6.64. The Balaban J connectivity index is 1.26. The number of amides is 1. The lowest BCUT2D eigenvalue weighted by Crippen LogP contribution is -2.52. The third kappa shape index (κ3) is 4.85. The highest BCUT2D eigenvalue weighted by Crippen LogP contribution is 2.38. The van der Waals surface area contributed by atoms with Gasteiger partial charge in [-0.1, -0.05) is 30.3 Å². The Morgan fingerprint density at radius 3 is 2.47 bits per heavy atom. The summed E-state index contributed by atoms with van der Waals surface area (Å²) >= 11 is 0. The zero-order valence-electron chi connectivity index (χ0n) is 20.0. The zero-order chi connectivity index (χ0) is 23.5. The highest BCUT2D eigenvalue weighted by atomic mass is 19.1. The van der Waals surface area contributed by atoms with Crippen LogP contribution < -0.4 is 0 Å². The number of carbonyl (C=O) groups excluding carboxylic acids is 1. The summed E-state index contributed by atoms with van der Waals surface area (Å²) in [5.74, 6) is 0.662. The van der Waals surface area contributed by atoms with Gasteiger partial charge in [0.25, 0.3) is 0 Å². The molecular formula is C29H34FN3O. The van der Waals surface area contributed by atoms with E-state index in [9.17, 15) is 9.18 Å². The van der Waals surface area contributed by atoms with Crippen LogP contribution in [0.4, 0.5) is 4.39 Å². The topological polar surface area (TPSA) is 36.4 Å². The molecule has 2 saturated heterocycles. The van der Waals surface area contributed by atoms with Gasteiger partial charge in [-0.3, -0.25) is 9.78 Å². The van der Waals surface area contributed by atoms with E-state index in [0.29, 0.717) is 18.2 Å². The van der Waals surface area contributed by atoms with Crippen LogP contribution in [-0.4, -0.2) is 53.9 Å². The Labute approximate surface area is 201 Å². The van der Waals surface area contributed by atoms with Crippen LogP contribution in [0.5, 0.6) is 0 Å². The lowest BCUT2D eigenvalue weighted by molar-refractivity contribution is -0.146. The lowest BCUT2D eigenvalue weighted by Gasteiger charge is -2.44. The van der Waals surface area contributed by atoms with E-state index in [1.807, 2.05) is 24.4 Å². The van der Waals surface area contributed by atoms with E-state index in [2.05, 4.69) is 46.1 Å². The first-order valence-corrected chi connectivity index (χ1v) is 12.6. The second-order valence-corrected chi connectivity index (χ2v) is 10.3. The smallest absolute Gasteiger partial charge is 0.229 e. The average molecular weight is 460 g/mol. The summed E-state index contributed by atoms with van der Waals surface area (Å²) in [6.07, 6.45) is 7.38. The molecule has 3 aromatic rings. The van der Waals surface area contributed by atoms with Crippen molar-refractivity contribution in [3.63, 3.8) is 0 Å². The van der Waals surface area contributed by atoms with Crippen LogP contribution in [-0.2, 0) is 17.6 Å². The third-order valence-electron chi connectivity index (χ3n) is 8.00. The highest BCUT2D eigenvalue weighted by molar-refractivity contribution is 5.83. The predicted octanol–water partition coefficient (Wildman–Crippen LogP) is 5.11. The molecule has 1 aromatic heterocycles. The molecule has 34 heavy (non-hydrogen) atoms. The van der Waals surface area contributed by atoms with Gasteiger partial charge < -0.3 is 9.80 Å². The lowest BCUT2D eigenvalue weighted by atomic mass is 9.72. The first-order valence-electron chi connectivity index (χ1n) is 12.6. The maximum absolute atomic E-state index is 13.9. The molecule has 0 aliphatic carbocycles. The molecule has 0 unspecified atom stereocenters. The van der Waals surface area contributed by atoms with Crippen molar-refractivity contribution in [1.29, 1.82) is 0 Å². The van der Waals surface area contributed by atoms with Gasteiger partial charge in [0.1, 0.15) is 5.82 Å².